The van der Waals surface area contributed by atoms with Gasteiger partial charge in [0.25, 0.3) is 5.91 Å². The first kappa shape index (κ1) is 19.6. The molecule has 28 heavy (non-hydrogen) atoms. The number of nitrogens with zero attached hydrogens (tertiary/aromatic N) is 2. The van der Waals surface area contributed by atoms with Gasteiger partial charge in [0.15, 0.2) is 0 Å². The highest BCUT2D eigenvalue weighted by atomic mass is 35.5. The van der Waals surface area contributed by atoms with E-state index in [2.05, 4.69) is 15.3 Å². The third kappa shape index (κ3) is 4.23. The van der Waals surface area contributed by atoms with E-state index >= 15 is 0 Å². The van der Waals surface area contributed by atoms with Gasteiger partial charge in [-0.1, -0.05) is 11.6 Å². The van der Waals surface area contributed by atoms with Crippen molar-refractivity contribution in [3.8, 4) is 17.0 Å². The van der Waals surface area contributed by atoms with Crippen LogP contribution in [0.4, 0.5) is 18.9 Å². The van der Waals surface area contributed by atoms with Gasteiger partial charge in [0.05, 0.1) is 30.3 Å². The van der Waals surface area contributed by atoms with Gasteiger partial charge in [0, 0.05) is 17.3 Å². The average Bonchev–Trinajstić information content (AvgIpc) is 2.68. The van der Waals surface area contributed by atoms with Crippen LogP contribution in [0.3, 0.4) is 0 Å². The molecule has 0 spiro atoms. The second kappa shape index (κ2) is 7.85. The molecule has 0 unspecified atom stereocenters. The number of ether oxygens (including phenoxy) is 1. The standard InChI is InChI=1S/C19H13ClF3N3O2/c1-28-15-9-11(18(27)26-12-5-7-16(20)25-10-12)4-6-13(15)17-14(19(21,22)23)3-2-8-24-17/h2-10H,1H3,(H,26,27). The van der Waals surface area contributed by atoms with E-state index in [0.29, 0.717) is 5.69 Å². The summed E-state index contributed by atoms with van der Waals surface area (Å²) in [6.45, 7) is 0. The normalized spacial score (nSPS) is 11.2. The van der Waals surface area contributed by atoms with Gasteiger partial charge in [0.2, 0.25) is 0 Å². The van der Waals surface area contributed by atoms with Crippen molar-refractivity contribution in [2.75, 3.05) is 12.4 Å². The third-order valence-corrected chi connectivity index (χ3v) is 4.04. The quantitative estimate of drug-likeness (QED) is 0.613. The van der Waals surface area contributed by atoms with Crippen LogP contribution in [0.2, 0.25) is 5.15 Å². The molecule has 144 valence electrons. The number of benzene rings is 1. The van der Waals surface area contributed by atoms with Crippen LogP contribution in [-0.4, -0.2) is 23.0 Å². The number of anilines is 1. The molecule has 2 aromatic heterocycles. The number of rotatable bonds is 4. The Morgan fingerprint density at radius 1 is 1.14 bits per heavy atom. The summed E-state index contributed by atoms with van der Waals surface area (Å²) < 4.78 is 45.1. The van der Waals surface area contributed by atoms with Crippen molar-refractivity contribution in [2.45, 2.75) is 6.18 Å². The van der Waals surface area contributed by atoms with E-state index in [1.807, 2.05) is 0 Å². The van der Waals surface area contributed by atoms with E-state index in [0.717, 1.165) is 6.07 Å². The molecule has 0 aliphatic heterocycles. The van der Waals surface area contributed by atoms with Gasteiger partial charge in [0.1, 0.15) is 10.9 Å². The predicted molar refractivity (Wildman–Crippen MR) is 98.4 cm³/mol. The number of hydrogen-bond acceptors (Lipinski definition) is 4. The highest BCUT2D eigenvalue weighted by Crippen LogP contribution is 2.39. The van der Waals surface area contributed by atoms with Gasteiger partial charge in [-0.05, 0) is 42.5 Å². The van der Waals surface area contributed by atoms with Crippen LogP contribution in [-0.2, 0) is 6.18 Å². The van der Waals surface area contributed by atoms with Crippen molar-refractivity contribution in [3.05, 3.63) is 71.1 Å². The molecule has 5 nitrogen and oxygen atoms in total. The first-order chi connectivity index (χ1) is 13.3. The Morgan fingerprint density at radius 2 is 1.93 bits per heavy atom. The monoisotopic (exact) mass is 407 g/mol. The number of aromatic nitrogens is 2. The predicted octanol–water partition coefficient (Wildman–Crippen LogP) is 5.08. The number of methoxy groups -OCH3 is 1. The third-order valence-electron chi connectivity index (χ3n) is 3.82. The van der Waals surface area contributed by atoms with Crippen molar-refractivity contribution in [2.24, 2.45) is 0 Å². The number of halogens is 4. The van der Waals surface area contributed by atoms with E-state index in [1.165, 1.54) is 49.8 Å². The maximum atomic E-state index is 13.3. The maximum absolute atomic E-state index is 13.3. The molecule has 0 fully saturated rings. The van der Waals surface area contributed by atoms with Gasteiger partial charge in [-0.15, -0.1) is 0 Å². The lowest BCUT2D eigenvalue weighted by Gasteiger charge is -2.15. The van der Waals surface area contributed by atoms with E-state index in [9.17, 15) is 18.0 Å². The summed E-state index contributed by atoms with van der Waals surface area (Å²) in [4.78, 5) is 20.1. The zero-order valence-corrected chi connectivity index (χ0v) is 15.2. The number of nitrogens with one attached hydrogen (secondary N) is 1. The molecule has 1 aromatic carbocycles. The van der Waals surface area contributed by atoms with E-state index in [-0.39, 0.29) is 27.7 Å². The smallest absolute Gasteiger partial charge is 0.418 e. The summed E-state index contributed by atoms with van der Waals surface area (Å²) in [5, 5.41) is 2.90. The molecule has 1 amide bonds. The molecule has 0 aliphatic rings. The van der Waals surface area contributed by atoms with Gasteiger partial charge in [-0.2, -0.15) is 13.2 Å². The molecule has 2 heterocycles. The number of amides is 1. The Hall–Kier alpha value is -3.13. The molecule has 1 N–H and O–H groups in total. The Balaban J connectivity index is 1.95. The Morgan fingerprint density at radius 3 is 2.57 bits per heavy atom. The fourth-order valence-corrected chi connectivity index (χ4v) is 2.64. The van der Waals surface area contributed by atoms with Crippen LogP contribution in [0.15, 0.2) is 54.9 Å². The Labute approximate surface area is 163 Å². The van der Waals surface area contributed by atoms with Crippen molar-refractivity contribution in [3.63, 3.8) is 0 Å². The molecule has 0 saturated carbocycles. The second-order valence-electron chi connectivity index (χ2n) is 5.64. The van der Waals surface area contributed by atoms with Crippen LogP contribution in [0.5, 0.6) is 5.75 Å². The zero-order valence-electron chi connectivity index (χ0n) is 14.4. The minimum atomic E-state index is -4.58. The molecule has 0 aliphatic carbocycles. The van der Waals surface area contributed by atoms with Crippen LogP contribution in [0, 0.1) is 0 Å². The second-order valence-corrected chi connectivity index (χ2v) is 6.02. The van der Waals surface area contributed by atoms with Crippen LogP contribution in [0.25, 0.3) is 11.3 Å². The lowest BCUT2D eigenvalue weighted by molar-refractivity contribution is -0.137. The minimum Gasteiger partial charge on any atom is -0.496 e. The van der Waals surface area contributed by atoms with E-state index in [4.69, 9.17) is 16.3 Å². The SMILES string of the molecule is COc1cc(C(=O)Nc2ccc(Cl)nc2)ccc1-c1ncccc1C(F)(F)F. The van der Waals surface area contributed by atoms with Gasteiger partial charge < -0.3 is 10.1 Å². The highest BCUT2D eigenvalue weighted by molar-refractivity contribution is 6.29. The molecule has 0 bridgehead atoms. The van der Waals surface area contributed by atoms with Crippen molar-refractivity contribution < 1.29 is 22.7 Å². The average molecular weight is 408 g/mol. The number of carbonyl (C=O) groups is 1. The van der Waals surface area contributed by atoms with E-state index < -0.39 is 17.6 Å². The molecular formula is C19H13ClF3N3O2. The summed E-state index contributed by atoms with van der Waals surface area (Å²) >= 11 is 5.70. The molecule has 0 saturated heterocycles. The van der Waals surface area contributed by atoms with E-state index in [1.54, 1.807) is 6.07 Å². The van der Waals surface area contributed by atoms with Crippen LogP contribution in [0.1, 0.15) is 15.9 Å². The molecular weight excluding hydrogens is 395 g/mol. The molecule has 9 heteroatoms. The van der Waals surface area contributed by atoms with Crippen LogP contribution >= 0.6 is 11.6 Å². The Kier molecular flexibility index (Phi) is 5.51. The maximum Gasteiger partial charge on any atom is 0.418 e. The van der Waals surface area contributed by atoms with Crippen molar-refractivity contribution in [1.29, 1.82) is 0 Å². The fourth-order valence-electron chi connectivity index (χ4n) is 2.53. The van der Waals surface area contributed by atoms with Crippen molar-refractivity contribution in [1.82, 2.24) is 9.97 Å². The summed E-state index contributed by atoms with van der Waals surface area (Å²) in [6.07, 6.45) is -1.93. The lowest BCUT2D eigenvalue weighted by atomic mass is 10.0. The highest BCUT2D eigenvalue weighted by Gasteiger charge is 2.35. The first-order valence-corrected chi connectivity index (χ1v) is 8.31. The van der Waals surface area contributed by atoms with Gasteiger partial charge in [-0.3, -0.25) is 9.78 Å². The summed E-state index contributed by atoms with van der Waals surface area (Å²) in [6, 6.07) is 9.35. The summed E-state index contributed by atoms with van der Waals surface area (Å²) in [7, 11) is 1.31. The van der Waals surface area contributed by atoms with Crippen molar-refractivity contribution >= 4 is 23.2 Å². The molecule has 0 radical (unpaired) electrons. The molecule has 3 rings (SSSR count). The summed E-state index contributed by atoms with van der Waals surface area (Å²) in [5.41, 5.74) is -0.430. The molecule has 3 aromatic rings. The van der Waals surface area contributed by atoms with Gasteiger partial charge >= 0.3 is 6.18 Å². The fraction of sp³-hybridized carbons (Fsp3) is 0.105. The van der Waals surface area contributed by atoms with Crippen LogP contribution < -0.4 is 10.1 Å². The lowest BCUT2D eigenvalue weighted by Crippen LogP contribution is -2.13. The minimum absolute atomic E-state index is 0.0890. The topological polar surface area (TPSA) is 64.1 Å². The first-order valence-electron chi connectivity index (χ1n) is 7.93. The zero-order chi connectivity index (χ0) is 20.3. The van der Waals surface area contributed by atoms with Gasteiger partial charge in [-0.25, -0.2) is 4.98 Å². The number of hydrogen-bond donors (Lipinski definition) is 1. The molecule has 0 atom stereocenters. The number of carbonyl (C=O) groups excluding carboxylic acids is 1. The largest absolute Gasteiger partial charge is 0.496 e. The Bertz CT molecular complexity index is 1010. The number of alkyl halides is 3. The summed E-state index contributed by atoms with van der Waals surface area (Å²) in [5.74, 6) is -0.392. The number of pyridine rings is 2.